The number of nitrogens with zero attached hydrogens (tertiary/aromatic N) is 1. The first-order valence-corrected chi connectivity index (χ1v) is 16.1. The number of methoxy groups -OCH3 is 1. The zero-order chi connectivity index (χ0) is 30.1. The summed E-state index contributed by atoms with van der Waals surface area (Å²) in [6.45, 7) is 14.0. The summed E-state index contributed by atoms with van der Waals surface area (Å²) in [7, 11) is 1.68. The van der Waals surface area contributed by atoms with E-state index in [9.17, 15) is 9.90 Å². The first kappa shape index (κ1) is 33.2. The second-order valence-electron chi connectivity index (χ2n) is 14.1. The van der Waals surface area contributed by atoms with Gasteiger partial charge in [0, 0.05) is 19.0 Å². The molecule has 41 heavy (non-hydrogen) atoms. The van der Waals surface area contributed by atoms with Crippen LogP contribution < -0.4 is 4.74 Å². The van der Waals surface area contributed by atoms with Gasteiger partial charge in [0.2, 0.25) is 5.91 Å². The second-order valence-corrected chi connectivity index (χ2v) is 14.1. The van der Waals surface area contributed by atoms with E-state index in [-0.39, 0.29) is 22.7 Å². The van der Waals surface area contributed by atoms with Gasteiger partial charge in [0.25, 0.3) is 0 Å². The summed E-state index contributed by atoms with van der Waals surface area (Å²) in [6.07, 6.45) is 11.0. The third kappa shape index (κ3) is 9.60. The molecule has 0 saturated heterocycles. The van der Waals surface area contributed by atoms with Gasteiger partial charge in [-0.2, -0.15) is 0 Å². The molecule has 1 aliphatic carbocycles. The minimum absolute atomic E-state index is 0.0501. The van der Waals surface area contributed by atoms with Crippen molar-refractivity contribution in [3.8, 4) is 5.75 Å². The van der Waals surface area contributed by atoms with Gasteiger partial charge < -0.3 is 14.7 Å². The van der Waals surface area contributed by atoms with E-state index in [1.165, 1.54) is 24.8 Å². The quantitative estimate of drug-likeness (QED) is 0.235. The van der Waals surface area contributed by atoms with Crippen molar-refractivity contribution in [2.45, 2.75) is 123 Å². The fourth-order valence-electron chi connectivity index (χ4n) is 7.24. The molecule has 0 heterocycles. The molecule has 1 unspecified atom stereocenters. The van der Waals surface area contributed by atoms with Crippen LogP contribution in [0.4, 0.5) is 0 Å². The molecular weight excluding hydrogens is 506 g/mol. The van der Waals surface area contributed by atoms with E-state index in [0.29, 0.717) is 12.5 Å². The van der Waals surface area contributed by atoms with Crippen LogP contribution in [-0.4, -0.2) is 35.2 Å². The van der Waals surface area contributed by atoms with Crippen LogP contribution in [0.1, 0.15) is 117 Å². The lowest BCUT2D eigenvalue weighted by Crippen LogP contribution is -2.47. The molecule has 1 N–H and O–H groups in total. The van der Waals surface area contributed by atoms with Gasteiger partial charge in [-0.25, -0.2) is 0 Å². The van der Waals surface area contributed by atoms with Crippen LogP contribution in [0.5, 0.6) is 5.75 Å². The molecule has 3 rings (SSSR count). The molecule has 228 valence electrons. The number of carbonyl (C=O) groups excluding carboxylic acids is 1. The number of hydrogen-bond acceptors (Lipinski definition) is 3. The molecule has 1 aliphatic rings. The van der Waals surface area contributed by atoms with Gasteiger partial charge in [0.1, 0.15) is 5.75 Å². The lowest BCUT2D eigenvalue weighted by molar-refractivity contribution is -0.137. The van der Waals surface area contributed by atoms with Crippen LogP contribution in [-0.2, 0) is 16.8 Å². The summed E-state index contributed by atoms with van der Waals surface area (Å²) in [6, 6.07) is 19.3. The Hall–Kier alpha value is -2.33. The van der Waals surface area contributed by atoms with Crippen molar-refractivity contribution in [1.82, 2.24) is 4.90 Å². The molecule has 0 spiro atoms. The number of aliphatic hydroxyl groups is 1. The normalized spacial score (nSPS) is 22.0. The smallest absolute Gasteiger partial charge is 0.225 e. The van der Waals surface area contributed by atoms with Crippen LogP contribution >= 0.6 is 0 Å². The summed E-state index contributed by atoms with van der Waals surface area (Å²) >= 11 is 0. The van der Waals surface area contributed by atoms with E-state index in [0.717, 1.165) is 62.8 Å². The van der Waals surface area contributed by atoms with Crippen LogP contribution in [0.3, 0.4) is 0 Å². The Morgan fingerprint density at radius 3 is 2.17 bits per heavy atom. The molecule has 4 heteroatoms. The lowest BCUT2D eigenvalue weighted by Gasteiger charge is -2.50. The fraction of sp³-hybridized carbons (Fsp3) is 0.649. The predicted molar refractivity (Wildman–Crippen MR) is 171 cm³/mol. The average molecular weight is 564 g/mol. The van der Waals surface area contributed by atoms with Crippen molar-refractivity contribution < 1.29 is 14.6 Å². The summed E-state index contributed by atoms with van der Waals surface area (Å²) in [5, 5.41) is 10.5. The van der Waals surface area contributed by atoms with Gasteiger partial charge >= 0.3 is 0 Å². The standard InChI is InChI=1S/C37H57NO3/c1-8-13-30(4)26-37(32-14-10-9-11-15-32)24-22-36(23-25-37,21-12-20-35(5,6)40)28-38(34(39)29(2)3)27-31-16-18-33(41-7)19-17-31/h9-11,14-19,29-30,40H,8,12-13,20-28H2,1-7H3/t30?,36-,37+. The van der Waals surface area contributed by atoms with E-state index < -0.39 is 5.60 Å². The predicted octanol–water partition coefficient (Wildman–Crippen LogP) is 8.95. The third-order valence-electron chi connectivity index (χ3n) is 9.53. The lowest BCUT2D eigenvalue weighted by atomic mass is 9.57. The average Bonchev–Trinajstić information content (AvgIpc) is 2.94. The Morgan fingerprint density at radius 2 is 1.63 bits per heavy atom. The minimum Gasteiger partial charge on any atom is -0.497 e. The van der Waals surface area contributed by atoms with Crippen molar-refractivity contribution in [2.24, 2.45) is 17.3 Å². The highest BCUT2D eigenvalue weighted by atomic mass is 16.5. The molecule has 0 aliphatic heterocycles. The maximum Gasteiger partial charge on any atom is 0.225 e. The van der Waals surface area contributed by atoms with Crippen LogP contribution in [0, 0.1) is 17.3 Å². The molecule has 0 aromatic heterocycles. The van der Waals surface area contributed by atoms with Crippen LogP contribution in [0.15, 0.2) is 54.6 Å². The van der Waals surface area contributed by atoms with Crippen molar-refractivity contribution >= 4 is 5.91 Å². The number of carbonyl (C=O) groups is 1. The Kier molecular flexibility index (Phi) is 11.9. The maximum atomic E-state index is 13.6. The number of amides is 1. The number of benzene rings is 2. The number of rotatable bonds is 15. The molecule has 1 saturated carbocycles. The van der Waals surface area contributed by atoms with Gasteiger partial charge in [-0.3, -0.25) is 4.79 Å². The summed E-state index contributed by atoms with van der Waals surface area (Å²) in [5.41, 5.74) is 2.19. The van der Waals surface area contributed by atoms with Crippen LogP contribution in [0.2, 0.25) is 0 Å². The Labute approximate surface area is 250 Å². The highest BCUT2D eigenvalue weighted by Crippen LogP contribution is 2.53. The topological polar surface area (TPSA) is 49.8 Å². The highest BCUT2D eigenvalue weighted by molar-refractivity contribution is 5.78. The summed E-state index contributed by atoms with van der Waals surface area (Å²) < 4.78 is 5.37. The minimum atomic E-state index is -0.671. The first-order chi connectivity index (χ1) is 19.4. The van der Waals surface area contributed by atoms with Gasteiger partial charge in [-0.1, -0.05) is 83.0 Å². The molecule has 0 bridgehead atoms. The number of hydrogen-bond donors (Lipinski definition) is 1. The Morgan fingerprint density at radius 1 is 1.00 bits per heavy atom. The van der Waals surface area contributed by atoms with Gasteiger partial charge in [0.15, 0.2) is 0 Å². The van der Waals surface area contributed by atoms with Crippen LogP contribution in [0.25, 0.3) is 0 Å². The first-order valence-electron chi connectivity index (χ1n) is 16.1. The van der Waals surface area contributed by atoms with E-state index in [1.54, 1.807) is 7.11 Å². The fourth-order valence-corrected chi connectivity index (χ4v) is 7.24. The molecule has 1 fully saturated rings. The van der Waals surface area contributed by atoms with Gasteiger partial charge in [-0.05, 0) is 105 Å². The maximum absolute atomic E-state index is 13.6. The van der Waals surface area contributed by atoms with Gasteiger partial charge in [0.05, 0.1) is 12.7 Å². The highest BCUT2D eigenvalue weighted by Gasteiger charge is 2.45. The molecule has 4 nitrogen and oxygen atoms in total. The second kappa shape index (κ2) is 14.7. The van der Waals surface area contributed by atoms with Gasteiger partial charge in [-0.15, -0.1) is 0 Å². The third-order valence-corrected chi connectivity index (χ3v) is 9.53. The monoisotopic (exact) mass is 563 g/mol. The molecule has 1 amide bonds. The largest absolute Gasteiger partial charge is 0.497 e. The Bertz CT molecular complexity index is 1050. The zero-order valence-corrected chi connectivity index (χ0v) is 27.0. The Balaban J connectivity index is 1.91. The summed E-state index contributed by atoms with van der Waals surface area (Å²) in [4.78, 5) is 15.8. The van der Waals surface area contributed by atoms with E-state index >= 15 is 0 Å². The molecular formula is C37H57NO3. The molecule has 2 aromatic carbocycles. The molecule has 1 atom stereocenters. The zero-order valence-electron chi connectivity index (χ0n) is 27.0. The molecule has 0 radical (unpaired) electrons. The van der Waals surface area contributed by atoms with Crippen molar-refractivity contribution in [1.29, 1.82) is 0 Å². The SMILES string of the molecule is CCCC(C)C[C@]1(c2ccccc2)CC[C@@](CCCC(C)(C)O)(CN(Cc2ccc(OC)cc2)C(=O)C(C)C)CC1. The summed E-state index contributed by atoms with van der Waals surface area (Å²) in [5.74, 6) is 1.69. The number of ether oxygens (including phenoxy) is 1. The van der Waals surface area contributed by atoms with Crippen molar-refractivity contribution in [3.63, 3.8) is 0 Å². The van der Waals surface area contributed by atoms with Crippen molar-refractivity contribution in [2.75, 3.05) is 13.7 Å². The van der Waals surface area contributed by atoms with Crippen molar-refractivity contribution in [3.05, 3.63) is 65.7 Å². The van der Waals surface area contributed by atoms with E-state index in [4.69, 9.17) is 4.74 Å². The van der Waals surface area contributed by atoms with E-state index in [2.05, 4.69) is 61.2 Å². The van der Waals surface area contributed by atoms with E-state index in [1.807, 2.05) is 39.8 Å². The molecule has 2 aromatic rings.